The summed E-state index contributed by atoms with van der Waals surface area (Å²) >= 11 is 0. The number of fused-ring (bicyclic) bond motifs is 7. The molecule has 5 saturated carbocycles. The molecular formula is C35H47BN4. The molecule has 9 fully saturated rings. The van der Waals surface area contributed by atoms with Gasteiger partial charge < -0.3 is 14.7 Å². The molecule has 1 aromatic rings. The molecule has 40 heavy (non-hydrogen) atoms. The first-order chi connectivity index (χ1) is 19.9. The van der Waals surface area contributed by atoms with Gasteiger partial charge in [-0.3, -0.25) is 0 Å². The number of anilines is 1. The minimum Gasteiger partial charge on any atom is -0.366 e. The quantitative estimate of drug-likeness (QED) is 0.375. The topological polar surface area (TPSA) is 22.1 Å². The Bertz CT molecular complexity index is 1240. The zero-order valence-electron chi connectivity index (χ0n) is 24.2. The lowest BCUT2D eigenvalue weighted by atomic mass is 9.21. The Morgan fingerprint density at radius 2 is 1.32 bits per heavy atom. The zero-order valence-corrected chi connectivity index (χ0v) is 24.2. The van der Waals surface area contributed by atoms with Gasteiger partial charge in [0.2, 0.25) is 0 Å². The Hall–Kier alpha value is -1.65. The predicted molar refractivity (Wildman–Crippen MR) is 162 cm³/mol. The van der Waals surface area contributed by atoms with Crippen LogP contribution in [0.2, 0.25) is 17.5 Å². The van der Waals surface area contributed by atoms with Crippen molar-refractivity contribution in [3.63, 3.8) is 0 Å². The van der Waals surface area contributed by atoms with Crippen molar-refractivity contribution in [1.82, 2.24) is 9.80 Å². The van der Waals surface area contributed by atoms with Gasteiger partial charge in [0, 0.05) is 41.8 Å². The number of hydrogen-bond acceptors (Lipinski definition) is 4. The van der Waals surface area contributed by atoms with E-state index in [9.17, 15) is 0 Å². The molecular weight excluding hydrogens is 487 g/mol. The first-order valence-electron chi connectivity index (χ1n) is 17.9. The molecule has 10 aliphatic rings. The van der Waals surface area contributed by atoms with Gasteiger partial charge in [0.05, 0.1) is 12.1 Å². The molecule has 0 aromatic heterocycles. The van der Waals surface area contributed by atoms with Crippen LogP contribution in [0.15, 0.2) is 35.3 Å². The molecule has 11 rings (SSSR count). The lowest BCUT2D eigenvalue weighted by molar-refractivity contribution is -0.0713. The van der Waals surface area contributed by atoms with Crippen molar-refractivity contribution >= 4 is 18.4 Å². The van der Waals surface area contributed by atoms with Gasteiger partial charge in [-0.15, -0.1) is 0 Å². The first kappa shape index (κ1) is 22.9. The third-order valence-corrected chi connectivity index (χ3v) is 15.3. The number of aliphatic imine (C=N–C) groups is 1. The summed E-state index contributed by atoms with van der Waals surface area (Å²) in [5, 5.41) is 0. The van der Waals surface area contributed by atoms with E-state index in [0.717, 1.165) is 84.1 Å². The Morgan fingerprint density at radius 3 is 2.23 bits per heavy atom. The van der Waals surface area contributed by atoms with Crippen LogP contribution in [0.1, 0.15) is 89.9 Å². The molecule has 4 nitrogen and oxygen atoms in total. The van der Waals surface area contributed by atoms with Gasteiger partial charge in [-0.2, -0.15) is 0 Å². The fraction of sp³-hybridized carbons (Fsp3) is 0.800. The summed E-state index contributed by atoms with van der Waals surface area (Å²) < 4.78 is 0. The van der Waals surface area contributed by atoms with Crippen LogP contribution in [-0.4, -0.2) is 64.8 Å². The summed E-state index contributed by atoms with van der Waals surface area (Å²) in [5.74, 6) is 8.24. The van der Waals surface area contributed by atoms with Crippen LogP contribution in [0, 0.1) is 23.7 Å². The second-order valence-electron chi connectivity index (χ2n) is 16.2. The lowest BCUT2D eigenvalue weighted by Crippen LogP contribution is -2.78. The van der Waals surface area contributed by atoms with E-state index in [1.807, 2.05) is 0 Å². The highest BCUT2D eigenvalue weighted by atomic mass is 15.5. The molecule has 0 radical (unpaired) electrons. The Balaban J connectivity index is 1.12. The average Bonchev–Trinajstić information content (AvgIpc) is 3.56. The summed E-state index contributed by atoms with van der Waals surface area (Å²) in [7, 11) is 0. The van der Waals surface area contributed by atoms with Gasteiger partial charge in [0.25, 0.3) is 0 Å². The van der Waals surface area contributed by atoms with Crippen molar-refractivity contribution in [3.8, 4) is 0 Å². The molecule has 5 heteroatoms. The second kappa shape index (κ2) is 8.04. The molecule has 0 amide bonds. The maximum Gasteiger partial charge on any atom is 0.198 e. The summed E-state index contributed by atoms with van der Waals surface area (Å²) in [4.78, 5) is 15.1. The molecule has 0 bridgehead atoms. The number of guanidine groups is 1. The van der Waals surface area contributed by atoms with E-state index in [-0.39, 0.29) is 0 Å². The fourth-order valence-electron chi connectivity index (χ4n) is 14.7. The van der Waals surface area contributed by atoms with Gasteiger partial charge >= 0.3 is 0 Å². The molecule has 5 aliphatic heterocycles. The van der Waals surface area contributed by atoms with Crippen LogP contribution in [0.5, 0.6) is 0 Å². The first-order valence-corrected chi connectivity index (χ1v) is 17.9. The third kappa shape index (κ3) is 2.63. The Morgan fingerprint density at radius 1 is 0.600 bits per heavy atom. The minimum absolute atomic E-state index is 0.597. The predicted octanol–water partition coefficient (Wildman–Crippen LogP) is 6.70. The van der Waals surface area contributed by atoms with Crippen LogP contribution in [0.3, 0.4) is 0 Å². The standard InChI is InChI=1S/C35H47BN4/c1-2-10-21(11-3-1)38-27-16-7-12-22-23-19-20-9-6-15-26-30(20)34-32(23)36(31(22)27)33-28(38)17-8-18-29(33)40(34)35-37-24-13-4-5-14-25(24)39(26)35/h1-3,10-11,20,22-34H,4-9,12-19H2. The smallest absolute Gasteiger partial charge is 0.198 e. The normalized spacial score (nSPS) is 52.5. The van der Waals surface area contributed by atoms with Gasteiger partial charge in [-0.05, 0) is 105 Å². The van der Waals surface area contributed by atoms with E-state index in [0.29, 0.717) is 6.04 Å². The van der Waals surface area contributed by atoms with Gasteiger partial charge in [-0.1, -0.05) is 50.3 Å². The molecule has 5 aliphatic carbocycles. The van der Waals surface area contributed by atoms with Crippen LogP contribution in [-0.2, 0) is 0 Å². The van der Waals surface area contributed by atoms with E-state index >= 15 is 0 Å². The Labute approximate surface area is 241 Å². The van der Waals surface area contributed by atoms with Crippen molar-refractivity contribution in [2.24, 2.45) is 28.7 Å². The summed E-state index contributed by atoms with van der Waals surface area (Å²) in [6.45, 7) is 0.996. The van der Waals surface area contributed by atoms with Gasteiger partial charge in [0.1, 0.15) is 0 Å². The molecule has 5 heterocycles. The Kier molecular flexibility index (Phi) is 4.60. The average molecular weight is 535 g/mol. The fourth-order valence-corrected chi connectivity index (χ4v) is 14.7. The number of benzene rings is 1. The molecule has 14 unspecified atom stereocenters. The summed E-state index contributed by atoms with van der Waals surface area (Å²) in [5.41, 5.74) is 1.55. The van der Waals surface area contributed by atoms with Crippen molar-refractivity contribution in [3.05, 3.63) is 30.3 Å². The van der Waals surface area contributed by atoms with Crippen molar-refractivity contribution in [2.75, 3.05) is 4.90 Å². The molecule has 0 N–H and O–H groups in total. The molecule has 0 spiro atoms. The van der Waals surface area contributed by atoms with Gasteiger partial charge in [0.15, 0.2) is 12.7 Å². The summed E-state index contributed by atoms with van der Waals surface area (Å²) in [6, 6.07) is 17.0. The van der Waals surface area contributed by atoms with Crippen LogP contribution in [0.4, 0.5) is 5.69 Å². The molecule has 14 atom stereocenters. The van der Waals surface area contributed by atoms with Gasteiger partial charge in [-0.25, -0.2) is 4.99 Å². The second-order valence-corrected chi connectivity index (χ2v) is 16.2. The highest BCUT2D eigenvalue weighted by Crippen LogP contribution is 2.73. The molecule has 4 saturated heterocycles. The molecule has 210 valence electrons. The maximum absolute atomic E-state index is 5.81. The van der Waals surface area contributed by atoms with E-state index < -0.39 is 0 Å². The number of rotatable bonds is 1. The van der Waals surface area contributed by atoms with E-state index in [1.54, 1.807) is 18.1 Å². The van der Waals surface area contributed by atoms with E-state index in [4.69, 9.17) is 4.99 Å². The highest BCUT2D eigenvalue weighted by molar-refractivity contribution is 6.66. The van der Waals surface area contributed by atoms with Crippen LogP contribution >= 0.6 is 0 Å². The summed E-state index contributed by atoms with van der Waals surface area (Å²) in [6.07, 6.45) is 20.4. The number of nitrogens with zero attached hydrogens (tertiary/aromatic N) is 4. The number of para-hydroxylation sites is 1. The van der Waals surface area contributed by atoms with Crippen LogP contribution in [0.25, 0.3) is 0 Å². The third-order valence-electron chi connectivity index (χ3n) is 15.3. The molecule has 1 aromatic carbocycles. The van der Waals surface area contributed by atoms with E-state index in [2.05, 4.69) is 45.0 Å². The van der Waals surface area contributed by atoms with Crippen LogP contribution < -0.4 is 4.90 Å². The highest BCUT2D eigenvalue weighted by Gasteiger charge is 2.75. The maximum atomic E-state index is 5.81. The van der Waals surface area contributed by atoms with Crippen molar-refractivity contribution < 1.29 is 0 Å². The lowest BCUT2D eigenvalue weighted by Gasteiger charge is -2.70. The van der Waals surface area contributed by atoms with E-state index in [1.165, 1.54) is 83.5 Å². The minimum atomic E-state index is 0.597. The van der Waals surface area contributed by atoms with Crippen molar-refractivity contribution in [2.45, 2.75) is 150 Å². The van der Waals surface area contributed by atoms with Crippen molar-refractivity contribution in [1.29, 1.82) is 0 Å². The number of hydrogen-bond donors (Lipinski definition) is 0. The SMILES string of the molecule is c1ccc(N2C3CCCC4C5CC6CCCC7C6C6C5B(C43)C3C(CCCC32)N6C2=NC3CCCCC3N27)cc1. The zero-order chi connectivity index (χ0) is 25.7. The monoisotopic (exact) mass is 534 g/mol. The largest absolute Gasteiger partial charge is 0.366 e.